The summed E-state index contributed by atoms with van der Waals surface area (Å²) >= 11 is 1.45. The summed E-state index contributed by atoms with van der Waals surface area (Å²) in [5.74, 6) is 0.728. The summed E-state index contributed by atoms with van der Waals surface area (Å²) in [5, 5.41) is 10.8. The maximum absolute atomic E-state index is 14.4. The van der Waals surface area contributed by atoms with Crippen molar-refractivity contribution in [3.05, 3.63) is 35.9 Å². The molecule has 3 heterocycles. The number of urea groups is 1. The van der Waals surface area contributed by atoms with Crippen LogP contribution < -0.4 is 14.8 Å². The number of aromatic nitrogens is 2. The minimum atomic E-state index is -0.464. The van der Waals surface area contributed by atoms with Crippen molar-refractivity contribution in [2.24, 2.45) is 5.92 Å². The molecule has 3 aliphatic rings. The summed E-state index contributed by atoms with van der Waals surface area (Å²) in [5.41, 5.74) is 0.570. The fourth-order valence-corrected chi connectivity index (χ4v) is 5.04. The molecular weight excluding hydrogens is 445 g/mol. The van der Waals surface area contributed by atoms with Crippen LogP contribution in [0.4, 0.5) is 9.18 Å². The van der Waals surface area contributed by atoms with Gasteiger partial charge in [0.15, 0.2) is 11.6 Å². The highest BCUT2D eigenvalue weighted by molar-refractivity contribution is 7.98. The van der Waals surface area contributed by atoms with Gasteiger partial charge in [-0.15, -0.1) is 11.8 Å². The largest absolute Gasteiger partial charge is 0.472 e. The first-order valence-corrected chi connectivity index (χ1v) is 12.3. The number of carbonyl (C=O) groups is 1. The highest BCUT2D eigenvalue weighted by atomic mass is 32.2. The van der Waals surface area contributed by atoms with Gasteiger partial charge in [-0.05, 0) is 57.1 Å². The first kappa shape index (κ1) is 21.9. The molecule has 2 aromatic rings. The van der Waals surface area contributed by atoms with Gasteiger partial charge in [0.05, 0.1) is 11.6 Å². The molecule has 2 bridgehead atoms. The van der Waals surface area contributed by atoms with Crippen molar-refractivity contribution in [1.82, 2.24) is 20.2 Å². The Kier molecular flexibility index (Phi) is 5.86. The Bertz CT molecular complexity index is 1100. The van der Waals surface area contributed by atoms with Crippen molar-refractivity contribution in [3.63, 3.8) is 0 Å². The molecule has 1 saturated carbocycles. The quantitative estimate of drug-likeness (QED) is 0.365. The first-order chi connectivity index (χ1) is 15.9. The van der Waals surface area contributed by atoms with Gasteiger partial charge in [0.1, 0.15) is 18.3 Å². The topological polar surface area (TPSA) is 100 Å². The number of rotatable bonds is 6. The van der Waals surface area contributed by atoms with E-state index in [1.807, 2.05) is 11.2 Å². The maximum atomic E-state index is 14.4. The van der Waals surface area contributed by atoms with Crippen molar-refractivity contribution in [1.29, 1.82) is 5.41 Å². The van der Waals surface area contributed by atoms with Crippen molar-refractivity contribution >= 4 is 23.6 Å². The lowest BCUT2D eigenvalue weighted by atomic mass is 9.98. The van der Waals surface area contributed by atoms with E-state index in [2.05, 4.69) is 15.3 Å². The van der Waals surface area contributed by atoms with Gasteiger partial charge < -0.3 is 14.4 Å². The Morgan fingerprint density at radius 3 is 2.76 bits per heavy atom. The Morgan fingerprint density at radius 2 is 2.03 bits per heavy atom. The molecule has 174 valence electrons. The second kappa shape index (κ2) is 8.81. The van der Waals surface area contributed by atoms with Gasteiger partial charge in [0, 0.05) is 23.3 Å². The number of amidine groups is 1. The van der Waals surface area contributed by atoms with Crippen LogP contribution in [0, 0.1) is 24.1 Å². The van der Waals surface area contributed by atoms with E-state index in [0.717, 1.165) is 30.6 Å². The van der Waals surface area contributed by atoms with Gasteiger partial charge in [0.2, 0.25) is 11.8 Å². The number of hydrogen-bond acceptors (Lipinski definition) is 7. The lowest BCUT2D eigenvalue weighted by molar-refractivity contribution is 0.140. The number of nitrogens with one attached hydrogen (secondary N) is 2. The van der Waals surface area contributed by atoms with Crippen LogP contribution >= 0.6 is 11.8 Å². The normalized spacial score (nSPS) is 23.5. The number of halogens is 1. The average Bonchev–Trinajstić information content (AvgIpc) is 3.50. The van der Waals surface area contributed by atoms with Crippen molar-refractivity contribution in [2.45, 2.75) is 62.1 Å². The second-order valence-electron chi connectivity index (χ2n) is 8.72. The highest BCUT2D eigenvalue weighted by Gasteiger charge is 2.50. The molecule has 10 heteroatoms. The summed E-state index contributed by atoms with van der Waals surface area (Å²) in [4.78, 5) is 23.8. The molecule has 2 aliphatic heterocycles. The van der Waals surface area contributed by atoms with Crippen LogP contribution in [-0.4, -0.2) is 51.2 Å². The standard InChI is InChI=1S/C23H26FN5O3S/c1-12-21(31-18-8-6-15(33-2)10-16(18)24)26-11-27-22(12)32-19-9-14-5-7-17(19)29(14)23(30)28-20(25)13-3-4-13/h6,8,10-11,13-14,17,19H,3-5,7,9H2,1-2H3,(H2,25,28,30)/t14?,17?,19-/m0/s1. The van der Waals surface area contributed by atoms with E-state index in [9.17, 15) is 9.18 Å². The zero-order valence-corrected chi connectivity index (χ0v) is 19.3. The molecule has 2 amide bonds. The number of thioether (sulfide) groups is 1. The Labute approximate surface area is 195 Å². The van der Waals surface area contributed by atoms with Crippen LogP contribution in [0.25, 0.3) is 0 Å². The Balaban J connectivity index is 1.28. The van der Waals surface area contributed by atoms with Crippen LogP contribution in [0.2, 0.25) is 0 Å². The summed E-state index contributed by atoms with van der Waals surface area (Å²) in [6.07, 6.45) is 7.44. The molecule has 1 aromatic heterocycles. The molecule has 8 nitrogen and oxygen atoms in total. The number of carbonyl (C=O) groups excluding carboxylic acids is 1. The minimum Gasteiger partial charge on any atom is -0.472 e. The predicted octanol–water partition coefficient (Wildman–Crippen LogP) is 4.52. The molecule has 1 aliphatic carbocycles. The van der Waals surface area contributed by atoms with Crippen LogP contribution in [0.5, 0.6) is 17.5 Å². The molecule has 5 rings (SSSR count). The van der Waals surface area contributed by atoms with Crippen LogP contribution in [0.1, 0.15) is 37.7 Å². The van der Waals surface area contributed by atoms with E-state index in [0.29, 0.717) is 23.7 Å². The van der Waals surface area contributed by atoms with Gasteiger partial charge in [-0.25, -0.2) is 19.2 Å². The number of ether oxygens (including phenoxy) is 2. The van der Waals surface area contributed by atoms with Gasteiger partial charge in [-0.1, -0.05) is 0 Å². The van der Waals surface area contributed by atoms with Gasteiger partial charge in [-0.3, -0.25) is 10.7 Å². The fraction of sp³-hybridized carbons (Fsp3) is 0.478. The Morgan fingerprint density at radius 1 is 1.24 bits per heavy atom. The van der Waals surface area contributed by atoms with E-state index in [1.165, 1.54) is 24.2 Å². The molecule has 33 heavy (non-hydrogen) atoms. The fourth-order valence-electron chi connectivity index (χ4n) is 4.61. The van der Waals surface area contributed by atoms with E-state index in [4.69, 9.17) is 14.9 Å². The zero-order valence-electron chi connectivity index (χ0n) is 18.5. The van der Waals surface area contributed by atoms with E-state index >= 15 is 0 Å². The predicted molar refractivity (Wildman–Crippen MR) is 122 cm³/mol. The van der Waals surface area contributed by atoms with Gasteiger partial charge in [0.25, 0.3) is 0 Å². The van der Waals surface area contributed by atoms with Crippen molar-refractivity contribution in [3.8, 4) is 17.5 Å². The van der Waals surface area contributed by atoms with Crippen molar-refractivity contribution in [2.75, 3.05) is 6.26 Å². The maximum Gasteiger partial charge on any atom is 0.323 e. The van der Waals surface area contributed by atoms with Crippen molar-refractivity contribution < 1.29 is 18.7 Å². The summed E-state index contributed by atoms with van der Waals surface area (Å²) < 4.78 is 26.3. The molecule has 0 radical (unpaired) electrons. The third kappa shape index (κ3) is 4.36. The molecule has 3 atom stereocenters. The minimum absolute atomic E-state index is 0.0720. The van der Waals surface area contributed by atoms with E-state index in [1.54, 1.807) is 19.1 Å². The third-order valence-corrected chi connectivity index (χ3v) is 7.27. The first-order valence-electron chi connectivity index (χ1n) is 11.1. The number of hydrogen-bond donors (Lipinski definition) is 2. The van der Waals surface area contributed by atoms with Crippen LogP contribution in [0.15, 0.2) is 29.4 Å². The summed E-state index contributed by atoms with van der Waals surface area (Å²) in [6, 6.07) is 4.60. The third-order valence-electron chi connectivity index (χ3n) is 6.54. The smallest absolute Gasteiger partial charge is 0.323 e. The van der Waals surface area contributed by atoms with Crippen LogP contribution in [0.3, 0.4) is 0 Å². The molecular formula is C23H26FN5O3S. The van der Waals surface area contributed by atoms with E-state index < -0.39 is 5.82 Å². The number of amides is 2. The van der Waals surface area contributed by atoms with Crippen LogP contribution in [-0.2, 0) is 0 Å². The molecule has 1 aromatic carbocycles. The lowest BCUT2D eigenvalue weighted by Crippen LogP contribution is -2.47. The second-order valence-corrected chi connectivity index (χ2v) is 9.60. The highest BCUT2D eigenvalue weighted by Crippen LogP contribution is 2.41. The van der Waals surface area contributed by atoms with Gasteiger partial charge >= 0.3 is 6.03 Å². The lowest BCUT2D eigenvalue weighted by Gasteiger charge is -2.25. The molecule has 2 saturated heterocycles. The average molecular weight is 472 g/mol. The Hall–Kier alpha value is -2.88. The summed E-state index contributed by atoms with van der Waals surface area (Å²) in [7, 11) is 0. The number of fused-ring (bicyclic) bond motifs is 2. The number of benzene rings is 1. The zero-order chi connectivity index (χ0) is 23.1. The van der Waals surface area contributed by atoms with Gasteiger partial charge in [-0.2, -0.15) is 0 Å². The molecule has 2 N–H and O–H groups in total. The van der Waals surface area contributed by atoms with E-state index in [-0.39, 0.29) is 41.8 Å². The molecule has 0 spiro atoms. The number of nitrogens with zero attached hydrogens (tertiary/aromatic N) is 3. The molecule has 2 unspecified atom stereocenters. The summed E-state index contributed by atoms with van der Waals surface area (Å²) in [6.45, 7) is 1.77. The molecule has 3 fully saturated rings. The SMILES string of the molecule is CSc1ccc(Oc2ncnc(O[C@H]3CC4CCC3N4C(=O)NC(=N)C3CC3)c2C)c(F)c1. The monoisotopic (exact) mass is 471 g/mol.